The Morgan fingerprint density at radius 1 is 1.20 bits per heavy atom. The van der Waals surface area contributed by atoms with Crippen molar-refractivity contribution in [3.8, 4) is 5.69 Å². The Labute approximate surface area is 170 Å². The highest BCUT2D eigenvalue weighted by Gasteiger charge is 2.24. The minimum absolute atomic E-state index is 0.236. The van der Waals surface area contributed by atoms with Gasteiger partial charge in [0.05, 0.1) is 16.3 Å². The monoisotopic (exact) mass is 412 g/mol. The van der Waals surface area contributed by atoms with Gasteiger partial charge in [0.15, 0.2) is 6.61 Å². The number of esters is 1. The molecule has 0 aliphatic heterocycles. The van der Waals surface area contributed by atoms with Crippen LogP contribution >= 0.6 is 0 Å². The van der Waals surface area contributed by atoms with Crippen molar-refractivity contribution in [1.29, 1.82) is 0 Å². The largest absolute Gasteiger partial charge is 0.452 e. The molecule has 9 nitrogen and oxygen atoms in total. The number of benzene rings is 2. The summed E-state index contributed by atoms with van der Waals surface area (Å²) in [7, 11) is 0. The molecule has 1 N–H and O–H groups in total. The molecule has 30 heavy (non-hydrogen) atoms. The van der Waals surface area contributed by atoms with Crippen molar-refractivity contribution >= 4 is 23.4 Å². The molecule has 3 aromatic rings. The Hall–Kier alpha value is -4.08. The molecule has 1 amide bonds. The molecular weight excluding hydrogens is 395 g/mol. The van der Waals surface area contributed by atoms with Gasteiger partial charge in [-0.2, -0.15) is 5.10 Å². The second-order valence-electron chi connectivity index (χ2n) is 6.41. The van der Waals surface area contributed by atoms with E-state index in [0.29, 0.717) is 22.8 Å². The first kappa shape index (κ1) is 20.6. The van der Waals surface area contributed by atoms with Crippen molar-refractivity contribution in [2.24, 2.45) is 0 Å². The number of nitrogens with one attached hydrogen (secondary N) is 1. The standard InChI is InChI=1S/C20H17FN4O5/c1-12-4-3-5-16(19(12)25(28)29)20(27)30-11-18(26)22-17-10-13(2)23-24(17)15-8-6-14(21)7-9-15/h3-10H,11H2,1-2H3,(H,22,26). The summed E-state index contributed by atoms with van der Waals surface area (Å²) in [5.74, 6) is -1.77. The molecular formula is C20H17FN4O5. The van der Waals surface area contributed by atoms with Crippen molar-refractivity contribution < 1.29 is 23.6 Å². The summed E-state index contributed by atoms with van der Waals surface area (Å²) >= 11 is 0. The summed E-state index contributed by atoms with van der Waals surface area (Å²) in [4.78, 5) is 35.0. The van der Waals surface area contributed by atoms with E-state index in [9.17, 15) is 24.1 Å². The number of aryl methyl sites for hydroxylation is 2. The van der Waals surface area contributed by atoms with Crippen molar-refractivity contribution in [1.82, 2.24) is 9.78 Å². The molecule has 10 heteroatoms. The number of nitrogens with zero attached hydrogens (tertiary/aromatic N) is 3. The summed E-state index contributed by atoms with van der Waals surface area (Å²) in [6.45, 7) is 2.56. The summed E-state index contributed by atoms with van der Waals surface area (Å²) in [6.07, 6.45) is 0. The van der Waals surface area contributed by atoms with Gasteiger partial charge in [0.1, 0.15) is 17.2 Å². The van der Waals surface area contributed by atoms with Gasteiger partial charge in [-0.15, -0.1) is 0 Å². The number of nitro benzene ring substituents is 1. The van der Waals surface area contributed by atoms with Gasteiger partial charge in [-0.25, -0.2) is 13.9 Å². The Balaban J connectivity index is 1.71. The number of hydrogen-bond acceptors (Lipinski definition) is 6. The molecule has 3 rings (SSSR count). The minimum Gasteiger partial charge on any atom is -0.452 e. The van der Waals surface area contributed by atoms with Gasteiger partial charge in [0.2, 0.25) is 0 Å². The fraction of sp³-hybridized carbons (Fsp3) is 0.150. The number of carbonyl (C=O) groups excluding carboxylic acids is 2. The van der Waals surface area contributed by atoms with Crippen LogP contribution < -0.4 is 5.32 Å². The number of hydrogen-bond donors (Lipinski definition) is 1. The molecule has 2 aromatic carbocycles. The summed E-state index contributed by atoms with van der Waals surface area (Å²) < 4.78 is 19.5. The highest BCUT2D eigenvalue weighted by molar-refractivity contribution is 5.97. The maximum Gasteiger partial charge on any atom is 0.345 e. The van der Waals surface area contributed by atoms with Gasteiger partial charge in [-0.1, -0.05) is 12.1 Å². The summed E-state index contributed by atoms with van der Waals surface area (Å²) in [6, 6.07) is 11.3. The Bertz CT molecular complexity index is 1120. The first-order valence-electron chi connectivity index (χ1n) is 8.80. The molecule has 154 valence electrons. The van der Waals surface area contributed by atoms with Gasteiger partial charge in [-0.05, 0) is 44.2 Å². The van der Waals surface area contributed by atoms with Crippen molar-refractivity contribution in [2.75, 3.05) is 11.9 Å². The molecule has 0 saturated carbocycles. The van der Waals surface area contributed by atoms with Crippen molar-refractivity contribution in [2.45, 2.75) is 13.8 Å². The first-order valence-corrected chi connectivity index (χ1v) is 8.80. The first-order chi connectivity index (χ1) is 14.3. The zero-order valence-corrected chi connectivity index (χ0v) is 16.1. The third-order valence-corrected chi connectivity index (χ3v) is 4.14. The van der Waals surface area contributed by atoms with Gasteiger partial charge >= 0.3 is 5.97 Å². The molecule has 1 aromatic heterocycles. The van der Waals surface area contributed by atoms with Crippen molar-refractivity contribution in [3.63, 3.8) is 0 Å². The number of amides is 1. The quantitative estimate of drug-likeness (QED) is 0.377. The predicted octanol–water partition coefficient (Wildman–Crippen LogP) is 3.33. The van der Waals surface area contributed by atoms with Crippen LogP contribution in [0.1, 0.15) is 21.6 Å². The molecule has 1 heterocycles. The Kier molecular flexibility index (Phi) is 5.86. The fourth-order valence-electron chi connectivity index (χ4n) is 2.82. The Morgan fingerprint density at radius 2 is 1.90 bits per heavy atom. The highest BCUT2D eigenvalue weighted by atomic mass is 19.1. The number of aromatic nitrogens is 2. The van der Waals surface area contributed by atoms with E-state index in [1.54, 1.807) is 13.0 Å². The normalized spacial score (nSPS) is 10.5. The molecule has 0 bridgehead atoms. The molecule has 0 aliphatic rings. The fourth-order valence-corrected chi connectivity index (χ4v) is 2.82. The average molecular weight is 412 g/mol. The van der Waals surface area contributed by atoms with Gasteiger partial charge in [-0.3, -0.25) is 14.9 Å². The van der Waals surface area contributed by atoms with E-state index >= 15 is 0 Å². The molecule has 0 unspecified atom stereocenters. The lowest BCUT2D eigenvalue weighted by Crippen LogP contribution is -2.22. The highest BCUT2D eigenvalue weighted by Crippen LogP contribution is 2.24. The molecule has 0 atom stereocenters. The number of anilines is 1. The van der Waals surface area contributed by atoms with Crippen LogP contribution in [0.25, 0.3) is 5.69 Å². The SMILES string of the molecule is Cc1cc(NC(=O)COC(=O)c2cccc(C)c2[N+](=O)[O-])n(-c2ccc(F)cc2)n1. The van der Waals surface area contributed by atoms with E-state index in [1.807, 2.05) is 0 Å². The zero-order chi connectivity index (χ0) is 21.8. The molecule has 0 aliphatic carbocycles. The van der Waals surface area contributed by atoms with E-state index in [2.05, 4.69) is 10.4 Å². The van der Waals surface area contributed by atoms with Crippen LogP contribution in [-0.2, 0) is 9.53 Å². The lowest BCUT2D eigenvalue weighted by molar-refractivity contribution is -0.385. The van der Waals surface area contributed by atoms with Gasteiger partial charge in [0.25, 0.3) is 11.6 Å². The van der Waals surface area contributed by atoms with Crippen LogP contribution in [0.2, 0.25) is 0 Å². The second kappa shape index (κ2) is 8.52. The maximum absolute atomic E-state index is 13.1. The van der Waals surface area contributed by atoms with Crippen LogP contribution in [0.4, 0.5) is 15.9 Å². The number of para-hydroxylation sites is 1. The molecule has 0 spiro atoms. The van der Waals surface area contributed by atoms with E-state index < -0.39 is 29.2 Å². The predicted molar refractivity (Wildman–Crippen MR) is 105 cm³/mol. The van der Waals surface area contributed by atoms with E-state index in [0.717, 1.165) is 0 Å². The van der Waals surface area contributed by atoms with Crippen LogP contribution in [0.3, 0.4) is 0 Å². The Morgan fingerprint density at radius 3 is 2.57 bits per heavy atom. The third-order valence-electron chi connectivity index (χ3n) is 4.14. The van der Waals surface area contributed by atoms with Crippen molar-refractivity contribution in [3.05, 3.63) is 81.3 Å². The van der Waals surface area contributed by atoms with E-state index in [1.165, 1.54) is 54.1 Å². The number of nitro groups is 1. The minimum atomic E-state index is -0.983. The number of carbonyl (C=O) groups is 2. The zero-order valence-electron chi connectivity index (χ0n) is 16.1. The lowest BCUT2D eigenvalue weighted by Gasteiger charge is -2.10. The number of rotatable bonds is 6. The average Bonchev–Trinajstić information content (AvgIpc) is 3.06. The van der Waals surface area contributed by atoms with Crippen LogP contribution in [0, 0.1) is 29.8 Å². The number of halogens is 1. The molecule has 0 saturated heterocycles. The molecule has 0 radical (unpaired) electrons. The van der Waals surface area contributed by atoms with Gasteiger partial charge in [0, 0.05) is 11.6 Å². The smallest absolute Gasteiger partial charge is 0.345 e. The van der Waals surface area contributed by atoms with Gasteiger partial charge < -0.3 is 10.1 Å². The van der Waals surface area contributed by atoms with E-state index in [-0.39, 0.29) is 11.3 Å². The van der Waals surface area contributed by atoms with Crippen LogP contribution in [0.15, 0.2) is 48.5 Å². The second-order valence-corrected chi connectivity index (χ2v) is 6.41. The summed E-state index contributed by atoms with van der Waals surface area (Å²) in [5, 5.41) is 18.0. The van der Waals surface area contributed by atoms with Crippen LogP contribution in [0.5, 0.6) is 0 Å². The maximum atomic E-state index is 13.1. The van der Waals surface area contributed by atoms with Crippen LogP contribution in [-0.4, -0.2) is 33.2 Å². The third kappa shape index (κ3) is 4.49. The topological polar surface area (TPSA) is 116 Å². The molecule has 0 fully saturated rings. The lowest BCUT2D eigenvalue weighted by atomic mass is 10.1. The summed E-state index contributed by atoms with van der Waals surface area (Å²) in [5.41, 5.74) is 0.819. The number of ether oxygens (including phenoxy) is 1. The van der Waals surface area contributed by atoms with E-state index in [4.69, 9.17) is 4.74 Å².